The topological polar surface area (TPSA) is 24.8 Å². The lowest BCUT2D eigenvalue weighted by atomic mass is 10.1. The molecule has 1 aromatic rings. The van der Waals surface area contributed by atoms with Crippen molar-refractivity contribution >= 4 is 5.84 Å². The summed E-state index contributed by atoms with van der Waals surface area (Å²) in [5.74, 6) is 0.961. The van der Waals surface area contributed by atoms with E-state index in [2.05, 4.69) is 22.2 Å². The van der Waals surface area contributed by atoms with E-state index in [1.807, 2.05) is 18.2 Å². The molecular formula is C13H18N2O. The second-order valence-corrected chi connectivity index (χ2v) is 4.01. The Morgan fingerprint density at radius 3 is 2.44 bits per heavy atom. The zero-order chi connectivity index (χ0) is 11.2. The summed E-state index contributed by atoms with van der Waals surface area (Å²) in [7, 11) is 1.60. The van der Waals surface area contributed by atoms with Gasteiger partial charge in [-0.25, -0.2) is 0 Å². The molecule has 0 atom stereocenters. The van der Waals surface area contributed by atoms with Gasteiger partial charge in [0.2, 0.25) is 0 Å². The van der Waals surface area contributed by atoms with Gasteiger partial charge in [-0.3, -0.25) is 0 Å². The lowest BCUT2D eigenvalue weighted by Crippen LogP contribution is -2.36. The first-order valence-electron chi connectivity index (χ1n) is 5.83. The zero-order valence-corrected chi connectivity index (χ0v) is 9.72. The molecule has 3 nitrogen and oxygen atoms in total. The van der Waals surface area contributed by atoms with Crippen molar-refractivity contribution in [2.24, 2.45) is 5.16 Å². The molecule has 3 heteroatoms. The van der Waals surface area contributed by atoms with E-state index < -0.39 is 0 Å². The summed E-state index contributed by atoms with van der Waals surface area (Å²) in [6, 6.07) is 10.2. The summed E-state index contributed by atoms with van der Waals surface area (Å²) in [5, 5.41) is 4.16. The van der Waals surface area contributed by atoms with Crippen molar-refractivity contribution in [3.8, 4) is 0 Å². The molecule has 1 heterocycles. The van der Waals surface area contributed by atoms with Crippen molar-refractivity contribution in [2.75, 3.05) is 20.2 Å². The zero-order valence-electron chi connectivity index (χ0n) is 9.72. The lowest BCUT2D eigenvalue weighted by Gasteiger charge is -2.29. The van der Waals surface area contributed by atoms with E-state index in [1.54, 1.807) is 7.11 Å². The minimum Gasteiger partial charge on any atom is -0.397 e. The Hall–Kier alpha value is -1.51. The Morgan fingerprint density at radius 2 is 1.81 bits per heavy atom. The maximum Gasteiger partial charge on any atom is 0.175 e. The van der Waals surface area contributed by atoms with Crippen LogP contribution in [0.5, 0.6) is 0 Å². The van der Waals surface area contributed by atoms with E-state index in [9.17, 15) is 0 Å². The highest BCUT2D eigenvalue weighted by molar-refractivity contribution is 5.98. The molecular weight excluding hydrogens is 200 g/mol. The second kappa shape index (κ2) is 5.54. The Morgan fingerprint density at radius 1 is 1.12 bits per heavy atom. The summed E-state index contributed by atoms with van der Waals surface area (Å²) in [4.78, 5) is 7.27. The van der Waals surface area contributed by atoms with Gasteiger partial charge in [0.25, 0.3) is 0 Å². The normalized spacial score (nSPS) is 17.3. The number of amidine groups is 1. The van der Waals surface area contributed by atoms with Gasteiger partial charge in [0, 0.05) is 18.7 Å². The summed E-state index contributed by atoms with van der Waals surface area (Å²) in [6.07, 6.45) is 3.82. The quantitative estimate of drug-likeness (QED) is 0.433. The van der Waals surface area contributed by atoms with Crippen molar-refractivity contribution in [2.45, 2.75) is 19.3 Å². The molecule has 0 radical (unpaired) electrons. The minimum absolute atomic E-state index is 0.961. The number of nitrogens with zero attached hydrogens (tertiary/aromatic N) is 2. The number of hydrogen-bond acceptors (Lipinski definition) is 2. The highest BCUT2D eigenvalue weighted by atomic mass is 16.6. The number of piperidine rings is 1. The molecule has 0 amide bonds. The van der Waals surface area contributed by atoms with Gasteiger partial charge in [-0.2, -0.15) is 0 Å². The predicted octanol–water partition coefficient (Wildman–Crippen LogP) is 2.48. The molecule has 1 aliphatic rings. The van der Waals surface area contributed by atoms with Crippen LogP contribution in [-0.4, -0.2) is 30.9 Å². The van der Waals surface area contributed by atoms with Crippen LogP contribution in [0.3, 0.4) is 0 Å². The van der Waals surface area contributed by atoms with Crippen LogP contribution in [0.2, 0.25) is 0 Å². The maximum absolute atomic E-state index is 4.96. The minimum atomic E-state index is 0.961. The third kappa shape index (κ3) is 2.54. The van der Waals surface area contributed by atoms with Crippen LogP contribution >= 0.6 is 0 Å². The van der Waals surface area contributed by atoms with Gasteiger partial charge in [0.05, 0.1) is 0 Å². The van der Waals surface area contributed by atoms with Crippen molar-refractivity contribution in [1.82, 2.24) is 4.90 Å². The molecule has 0 aromatic heterocycles. The first-order chi connectivity index (χ1) is 7.92. The number of rotatable bonds is 2. The van der Waals surface area contributed by atoms with Gasteiger partial charge in [-0.1, -0.05) is 35.5 Å². The van der Waals surface area contributed by atoms with E-state index in [1.165, 1.54) is 19.3 Å². The van der Waals surface area contributed by atoms with Crippen LogP contribution in [0.4, 0.5) is 0 Å². The Kier molecular flexibility index (Phi) is 3.81. The van der Waals surface area contributed by atoms with Crippen LogP contribution in [0.25, 0.3) is 0 Å². The third-order valence-corrected chi connectivity index (χ3v) is 2.87. The highest BCUT2D eigenvalue weighted by Gasteiger charge is 2.16. The fourth-order valence-corrected chi connectivity index (χ4v) is 2.07. The Labute approximate surface area is 96.7 Å². The Bertz CT molecular complexity index is 342. The van der Waals surface area contributed by atoms with Crippen molar-refractivity contribution in [1.29, 1.82) is 0 Å². The van der Waals surface area contributed by atoms with Gasteiger partial charge in [0.1, 0.15) is 7.11 Å². The van der Waals surface area contributed by atoms with Crippen molar-refractivity contribution in [3.63, 3.8) is 0 Å². The molecule has 0 unspecified atom stereocenters. The predicted molar refractivity (Wildman–Crippen MR) is 65.4 cm³/mol. The molecule has 1 aromatic carbocycles. The summed E-state index contributed by atoms with van der Waals surface area (Å²) >= 11 is 0. The first kappa shape index (κ1) is 11.0. The molecule has 0 bridgehead atoms. The SMILES string of the molecule is CO/N=C(/c1ccccc1)N1CCCCC1. The average Bonchev–Trinajstić information content (AvgIpc) is 2.38. The summed E-state index contributed by atoms with van der Waals surface area (Å²) < 4.78 is 0. The summed E-state index contributed by atoms with van der Waals surface area (Å²) in [5.41, 5.74) is 1.13. The van der Waals surface area contributed by atoms with Crippen LogP contribution < -0.4 is 0 Å². The van der Waals surface area contributed by atoms with Gasteiger partial charge < -0.3 is 9.74 Å². The molecule has 0 aliphatic carbocycles. The number of hydrogen-bond donors (Lipinski definition) is 0. The molecule has 86 valence electrons. The lowest BCUT2D eigenvalue weighted by molar-refractivity contribution is 0.203. The first-order valence-corrected chi connectivity index (χ1v) is 5.83. The molecule has 0 spiro atoms. The van der Waals surface area contributed by atoms with Crippen molar-refractivity contribution in [3.05, 3.63) is 35.9 Å². The maximum atomic E-state index is 4.96. The van der Waals surface area contributed by atoms with E-state index in [0.717, 1.165) is 24.5 Å². The molecule has 1 saturated heterocycles. The number of oxime groups is 1. The van der Waals surface area contributed by atoms with Crippen LogP contribution in [0.1, 0.15) is 24.8 Å². The van der Waals surface area contributed by atoms with Gasteiger partial charge in [-0.05, 0) is 19.3 Å². The Balaban J connectivity index is 2.20. The van der Waals surface area contributed by atoms with Gasteiger partial charge >= 0.3 is 0 Å². The fraction of sp³-hybridized carbons (Fsp3) is 0.462. The molecule has 1 fully saturated rings. The molecule has 1 aliphatic heterocycles. The van der Waals surface area contributed by atoms with E-state index in [0.29, 0.717) is 0 Å². The molecule has 2 rings (SSSR count). The smallest absolute Gasteiger partial charge is 0.175 e. The molecule has 0 N–H and O–H groups in total. The van der Waals surface area contributed by atoms with E-state index in [4.69, 9.17) is 4.84 Å². The van der Waals surface area contributed by atoms with Crippen LogP contribution in [0, 0.1) is 0 Å². The number of likely N-dealkylation sites (tertiary alicyclic amines) is 1. The van der Waals surface area contributed by atoms with Crippen LogP contribution in [0.15, 0.2) is 35.5 Å². The second-order valence-electron chi connectivity index (χ2n) is 4.01. The van der Waals surface area contributed by atoms with Crippen LogP contribution in [-0.2, 0) is 4.84 Å². The molecule has 16 heavy (non-hydrogen) atoms. The highest BCUT2D eigenvalue weighted by Crippen LogP contribution is 2.14. The fourth-order valence-electron chi connectivity index (χ4n) is 2.07. The largest absolute Gasteiger partial charge is 0.397 e. The van der Waals surface area contributed by atoms with E-state index >= 15 is 0 Å². The summed E-state index contributed by atoms with van der Waals surface area (Å²) in [6.45, 7) is 2.16. The standard InChI is InChI=1S/C13H18N2O/c1-16-14-13(12-8-4-2-5-9-12)15-10-6-3-7-11-15/h2,4-5,8-9H,3,6-7,10-11H2,1H3/b14-13-. The monoisotopic (exact) mass is 218 g/mol. The van der Waals surface area contributed by atoms with Crippen molar-refractivity contribution < 1.29 is 4.84 Å². The van der Waals surface area contributed by atoms with E-state index in [-0.39, 0.29) is 0 Å². The van der Waals surface area contributed by atoms with Gasteiger partial charge in [-0.15, -0.1) is 0 Å². The van der Waals surface area contributed by atoms with Gasteiger partial charge in [0.15, 0.2) is 5.84 Å². The third-order valence-electron chi connectivity index (χ3n) is 2.87. The molecule has 0 saturated carbocycles. The average molecular weight is 218 g/mol. The number of benzene rings is 1.